The molecule has 0 spiro atoms. The minimum Gasteiger partial charge on any atom is -0.351 e. The maximum atomic E-state index is 12.6. The fraction of sp³-hybridized carbons (Fsp3) is 0.438. The Morgan fingerprint density at radius 3 is 2.65 bits per heavy atom. The molecule has 0 aromatic carbocycles. The lowest BCUT2D eigenvalue weighted by Gasteiger charge is -2.28. The summed E-state index contributed by atoms with van der Waals surface area (Å²) in [5, 5.41) is 11.5. The van der Waals surface area contributed by atoms with Gasteiger partial charge in [0.1, 0.15) is 5.82 Å². The first-order valence-electron chi connectivity index (χ1n) is 8.32. The molecular weight excluding hydrogens is 347 g/mol. The first kappa shape index (κ1) is 16.7. The normalized spacial score (nSPS) is 21.0. The number of alkyl halides is 3. The lowest BCUT2D eigenvalue weighted by atomic mass is 9.85. The molecule has 1 saturated carbocycles. The van der Waals surface area contributed by atoms with Crippen LogP contribution in [0.3, 0.4) is 0 Å². The van der Waals surface area contributed by atoms with Crippen molar-refractivity contribution in [3.63, 3.8) is 0 Å². The van der Waals surface area contributed by atoms with E-state index in [9.17, 15) is 13.2 Å². The number of aromatic nitrogens is 6. The quantitative estimate of drug-likeness (QED) is 0.770. The Balaban J connectivity index is 1.47. The molecule has 3 heterocycles. The molecule has 1 N–H and O–H groups in total. The van der Waals surface area contributed by atoms with Crippen LogP contribution in [0.2, 0.25) is 0 Å². The molecule has 0 radical (unpaired) electrons. The summed E-state index contributed by atoms with van der Waals surface area (Å²) in [6.07, 6.45) is 4.34. The van der Waals surface area contributed by atoms with Crippen molar-refractivity contribution in [1.82, 2.24) is 29.5 Å². The summed E-state index contributed by atoms with van der Waals surface area (Å²) >= 11 is 0. The smallest absolute Gasteiger partial charge is 0.351 e. The summed E-state index contributed by atoms with van der Waals surface area (Å²) in [5.74, 6) is 1.81. The topological polar surface area (TPSA) is 80.9 Å². The van der Waals surface area contributed by atoms with Crippen LogP contribution in [0.5, 0.6) is 0 Å². The SMILES string of the molecule is FC(F)(F)c1cnc(N[C@@H]2CCC[C@H](c3nnc4ncccn34)C2)nc1. The predicted octanol–water partition coefficient (Wildman–Crippen LogP) is 3.07. The second-order valence-electron chi connectivity index (χ2n) is 6.35. The van der Waals surface area contributed by atoms with Crippen LogP contribution in [0.15, 0.2) is 30.9 Å². The molecule has 0 unspecified atom stereocenters. The van der Waals surface area contributed by atoms with E-state index < -0.39 is 11.7 Å². The Hall–Kier alpha value is -2.78. The molecule has 0 bridgehead atoms. The lowest BCUT2D eigenvalue weighted by molar-refractivity contribution is -0.138. The summed E-state index contributed by atoms with van der Waals surface area (Å²) in [7, 11) is 0. The maximum absolute atomic E-state index is 12.6. The van der Waals surface area contributed by atoms with Gasteiger partial charge < -0.3 is 5.32 Å². The van der Waals surface area contributed by atoms with Gasteiger partial charge in [0.05, 0.1) is 5.56 Å². The van der Waals surface area contributed by atoms with Crippen LogP contribution in [0.25, 0.3) is 5.78 Å². The van der Waals surface area contributed by atoms with Crippen LogP contribution in [0.1, 0.15) is 43.0 Å². The highest BCUT2D eigenvalue weighted by Gasteiger charge is 2.32. The summed E-state index contributed by atoms with van der Waals surface area (Å²) < 4.78 is 39.7. The monoisotopic (exact) mass is 363 g/mol. The first-order chi connectivity index (χ1) is 12.5. The number of hydrogen-bond donors (Lipinski definition) is 1. The number of nitrogens with zero attached hydrogens (tertiary/aromatic N) is 6. The van der Waals surface area contributed by atoms with Gasteiger partial charge in [-0.2, -0.15) is 13.2 Å². The van der Waals surface area contributed by atoms with Crippen molar-refractivity contribution in [2.24, 2.45) is 0 Å². The van der Waals surface area contributed by atoms with Crippen LogP contribution in [0, 0.1) is 0 Å². The molecule has 0 saturated heterocycles. The Bertz CT molecular complexity index is 891. The molecule has 7 nitrogen and oxygen atoms in total. The van der Waals surface area contributed by atoms with Crippen molar-refractivity contribution in [2.45, 2.75) is 43.8 Å². The summed E-state index contributed by atoms with van der Waals surface area (Å²) in [6.45, 7) is 0. The fourth-order valence-electron chi connectivity index (χ4n) is 3.33. The zero-order valence-electron chi connectivity index (χ0n) is 13.7. The molecule has 1 aliphatic rings. The van der Waals surface area contributed by atoms with Crippen LogP contribution >= 0.6 is 0 Å². The van der Waals surface area contributed by atoms with E-state index in [1.807, 2.05) is 16.7 Å². The van der Waals surface area contributed by atoms with Crippen LogP contribution < -0.4 is 5.32 Å². The van der Waals surface area contributed by atoms with Crippen molar-refractivity contribution >= 4 is 11.7 Å². The van der Waals surface area contributed by atoms with Gasteiger partial charge in [0.15, 0.2) is 0 Å². The lowest BCUT2D eigenvalue weighted by Crippen LogP contribution is -2.28. The van der Waals surface area contributed by atoms with Crippen LogP contribution in [-0.2, 0) is 6.18 Å². The van der Waals surface area contributed by atoms with E-state index in [0.29, 0.717) is 5.78 Å². The Kier molecular flexibility index (Phi) is 4.17. The first-order valence-corrected chi connectivity index (χ1v) is 8.32. The molecule has 3 aromatic heterocycles. The Morgan fingerprint density at radius 1 is 1.08 bits per heavy atom. The molecule has 10 heteroatoms. The standard InChI is InChI=1S/C16H16F3N7/c17-16(18,19)11-8-21-14(22-9-11)23-12-4-1-3-10(7-12)13-24-25-15-20-5-2-6-26(13)15/h2,5-6,8-10,12H,1,3-4,7H2,(H,21,22,23)/t10-,12+/m0/s1. The predicted molar refractivity (Wildman–Crippen MR) is 86.4 cm³/mol. The van der Waals surface area contributed by atoms with E-state index in [4.69, 9.17) is 0 Å². The van der Waals surface area contributed by atoms with Crippen molar-refractivity contribution in [3.8, 4) is 0 Å². The molecule has 3 aromatic rings. The van der Waals surface area contributed by atoms with Gasteiger partial charge in [-0.3, -0.25) is 4.40 Å². The Labute approximate surface area is 146 Å². The summed E-state index contributed by atoms with van der Waals surface area (Å²) in [5.41, 5.74) is -0.855. The van der Waals surface area contributed by atoms with Gasteiger partial charge in [-0.1, -0.05) is 6.42 Å². The third kappa shape index (κ3) is 3.31. The van der Waals surface area contributed by atoms with Crippen molar-refractivity contribution in [2.75, 3.05) is 5.32 Å². The average Bonchev–Trinajstić information content (AvgIpc) is 3.06. The molecule has 26 heavy (non-hydrogen) atoms. The fourth-order valence-corrected chi connectivity index (χ4v) is 3.33. The highest BCUT2D eigenvalue weighted by atomic mass is 19.4. The Morgan fingerprint density at radius 2 is 1.88 bits per heavy atom. The number of fused-ring (bicyclic) bond motifs is 1. The van der Waals surface area contributed by atoms with Crippen molar-refractivity contribution in [1.29, 1.82) is 0 Å². The zero-order chi connectivity index (χ0) is 18.1. The van der Waals surface area contributed by atoms with Crippen molar-refractivity contribution in [3.05, 3.63) is 42.2 Å². The van der Waals surface area contributed by atoms with Gasteiger partial charge >= 0.3 is 6.18 Å². The van der Waals surface area contributed by atoms with Crippen molar-refractivity contribution < 1.29 is 13.2 Å². The van der Waals surface area contributed by atoms with E-state index in [1.165, 1.54) is 0 Å². The van der Waals surface area contributed by atoms with Crippen LogP contribution in [0.4, 0.5) is 19.1 Å². The molecule has 2 atom stereocenters. The number of halogens is 3. The number of nitrogens with one attached hydrogen (secondary N) is 1. The van der Waals surface area contributed by atoms with E-state index in [1.54, 1.807) is 6.20 Å². The van der Waals surface area contributed by atoms with Gasteiger partial charge in [-0.05, 0) is 25.3 Å². The highest BCUT2D eigenvalue weighted by molar-refractivity contribution is 5.30. The number of anilines is 1. The molecule has 1 fully saturated rings. The van der Waals surface area contributed by atoms with Gasteiger partial charge in [0.2, 0.25) is 5.95 Å². The largest absolute Gasteiger partial charge is 0.419 e. The second kappa shape index (κ2) is 6.50. The molecule has 0 amide bonds. The molecule has 1 aliphatic carbocycles. The summed E-state index contributed by atoms with van der Waals surface area (Å²) in [6, 6.07) is 1.89. The van der Waals surface area contributed by atoms with E-state index in [2.05, 4.69) is 30.5 Å². The third-order valence-corrected chi connectivity index (χ3v) is 4.57. The second-order valence-corrected chi connectivity index (χ2v) is 6.35. The summed E-state index contributed by atoms with van der Waals surface area (Å²) in [4.78, 5) is 11.8. The maximum Gasteiger partial charge on any atom is 0.419 e. The number of rotatable bonds is 3. The van der Waals surface area contributed by atoms with Gasteiger partial charge in [-0.15, -0.1) is 10.2 Å². The third-order valence-electron chi connectivity index (χ3n) is 4.57. The molecule has 0 aliphatic heterocycles. The van der Waals surface area contributed by atoms with Gasteiger partial charge in [0, 0.05) is 36.7 Å². The molecule has 4 rings (SSSR count). The van der Waals surface area contributed by atoms with E-state index in [0.717, 1.165) is 43.9 Å². The minimum absolute atomic E-state index is 0.0644. The van der Waals surface area contributed by atoms with Crippen LogP contribution in [-0.4, -0.2) is 35.6 Å². The van der Waals surface area contributed by atoms with Gasteiger partial charge in [0.25, 0.3) is 5.78 Å². The average molecular weight is 363 g/mol. The molecular formula is C16H16F3N7. The zero-order valence-corrected chi connectivity index (χ0v) is 13.7. The van der Waals surface area contributed by atoms with E-state index >= 15 is 0 Å². The minimum atomic E-state index is -4.43. The van der Waals surface area contributed by atoms with Gasteiger partial charge in [-0.25, -0.2) is 15.0 Å². The number of hydrogen-bond acceptors (Lipinski definition) is 6. The molecule has 136 valence electrons. The highest BCUT2D eigenvalue weighted by Crippen LogP contribution is 2.33. The van der Waals surface area contributed by atoms with E-state index in [-0.39, 0.29) is 17.9 Å².